The molecule has 26 heavy (non-hydrogen) atoms. The maximum absolute atomic E-state index is 12.0. The van der Waals surface area contributed by atoms with Crippen LogP contribution in [0.3, 0.4) is 0 Å². The van der Waals surface area contributed by atoms with Gasteiger partial charge in [0.05, 0.1) is 12.7 Å². The molecule has 1 amide bonds. The summed E-state index contributed by atoms with van der Waals surface area (Å²) in [7, 11) is 1.90. The lowest BCUT2D eigenvalue weighted by Crippen LogP contribution is -2.50. The van der Waals surface area contributed by atoms with Gasteiger partial charge in [-0.15, -0.1) is 0 Å². The highest BCUT2D eigenvalue weighted by atomic mass is 16.5. The van der Waals surface area contributed by atoms with Crippen molar-refractivity contribution in [2.45, 2.75) is 26.7 Å². The van der Waals surface area contributed by atoms with Crippen molar-refractivity contribution >= 4 is 5.91 Å². The highest BCUT2D eigenvalue weighted by Crippen LogP contribution is 2.23. The summed E-state index contributed by atoms with van der Waals surface area (Å²) in [5.41, 5.74) is 2.13. The minimum absolute atomic E-state index is 0.0762. The van der Waals surface area contributed by atoms with Crippen LogP contribution in [0.5, 0.6) is 5.75 Å². The molecule has 1 saturated heterocycles. The Labute approximate surface area is 155 Å². The number of rotatable bonds is 6. The molecule has 1 fully saturated rings. The lowest BCUT2D eigenvalue weighted by molar-refractivity contribution is -0.150. The zero-order valence-electron chi connectivity index (χ0n) is 15.9. The fourth-order valence-electron chi connectivity index (χ4n) is 3.32. The second-order valence-corrected chi connectivity index (χ2v) is 7.06. The van der Waals surface area contributed by atoms with Crippen LogP contribution in [0.15, 0.2) is 36.7 Å². The van der Waals surface area contributed by atoms with Crippen molar-refractivity contribution in [1.29, 1.82) is 0 Å². The Morgan fingerprint density at radius 1 is 1.31 bits per heavy atom. The van der Waals surface area contributed by atoms with Gasteiger partial charge in [0, 0.05) is 38.8 Å². The molecular formula is C20H28N4O2. The molecule has 0 atom stereocenters. The smallest absolute Gasteiger partial charge is 0.233 e. The molecule has 0 radical (unpaired) electrons. The Kier molecular flexibility index (Phi) is 5.93. The van der Waals surface area contributed by atoms with Gasteiger partial charge in [-0.2, -0.15) is 5.10 Å². The fraction of sp³-hybridized carbons (Fsp3) is 0.500. The van der Waals surface area contributed by atoms with Crippen molar-refractivity contribution in [2.24, 2.45) is 13.0 Å². The van der Waals surface area contributed by atoms with Gasteiger partial charge in [-0.3, -0.25) is 14.5 Å². The third-order valence-corrected chi connectivity index (χ3v) is 4.91. The number of nitrogens with zero attached hydrogens (tertiary/aromatic N) is 4. The molecule has 6 heteroatoms. The summed E-state index contributed by atoms with van der Waals surface area (Å²) in [5, 5.41) is 8.21. The second kappa shape index (κ2) is 8.36. The van der Waals surface area contributed by atoms with Crippen molar-refractivity contribution in [2.75, 3.05) is 26.2 Å². The number of hydrogen-bond acceptors (Lipinski definition) is 4. The van der Waals surface area contributed by atoms with E-state index in [0.29, 0.717) is 13.2 Å². The molecule has 0 unspecified atom stereocenters. The number of carbonyl (C=O) groups excluding carboxylic acids is 1. The first kappa shape index (κ1) is 18.5. The SMILES string of the molecule is CC(=O)N(CCOc1cccc(-c2cnn(C)c2)c1)N1CCC(C)CC1. The van der Waals surface area contributed by atoms with Crippen LogP contribution >= 0.6 is 0 Å². The predicted molar refractivity (Wildman–Crippen MR) is 101 cm³/mol. The van der Waals surface area contributed by atoms with Gasteiger partial charge in [0.2, 0.25) is 5.91 Å². The van der Waals surface area contributed by atoms with Crippen LogP contribution in [0.2, 0.25) is 0 Å². The van der Waals surface area contributed by atoms with Crippen LogP contribution in [-0.4, -0.2) is 51.9 Å². The summed E-state index contributed by atoms with van der Waals surface area (Å²) in [4.78, 5) is 12.0. The lowest BCUT2D eigenvalue weighted by atomic mass is 10.0. The third-order valence-electron chi connectivity index (χ3n) is 4.91. The maximum Gasteiger partial charge on any atom is 0.233 e. The largest absolute Gasteiger partial charge is 0.492 e. The van der Waals surface area contributed by atoms with E-state index in [1.807, 2.05) is 48.7 Å². The van der Waals surface area contributed by atoms with E-state index in [9.17, 15) is 4.79 Å². The van der Waals surface area contributed by atoms with Gasteiger partial charge in [0.15, 0.2) is 0 Å². The van der Waals surface area contributed by atoms with E-state index in [0.717, 1.165) is 48.7 Å². The van der Waals surface area contributed by atoms with Crippen LogP contribution < -0.4 is 4.74 Å². The number of ether oxygens (including phenoxy) is 1. The molecule has 1 aromatic carbocycles. The number of aromatic nitrogens is 2. The number of piperidine rings is 1. The summed E-state index contributed by atoms with van der Waals surface area (Å²) in [6.07, 6.45) is 6.09. The molecule has 140 valence electrons. The lowest BCUT2D eigenvalue weighted by Gasteiger charge is -2.38. The van der Waals surface area contributed by atoms with Crippen molar-refractivity contribution in [1.82, 2.24) is 19.8 Å². The molecule has 6 nitrogen and oxygen atoms in total. The van der Waals surface area contributed by atoms with Gasteiger partial charge in [0.1, 0.15) is 12.4 Å². The maximum atomic E-state index is 12.0. The zero-order valence-corrected chi connectivity index (χ0v) is 15.9. The molecule has 0 aliphatic carbocycles. The molecule has 3 rings (SSSR count). The van der Waals surface area contributed by atoms with Crippen molar-refractivity contribution < 1.29 is 9.53 Å². The van der Waals surface area contributed by atoms with E-state index in [2.05, 4.69) is 17.0 Å². The fourth-order valence-corrected chi connectivity index (χ4v) is 3.32. The Morgan fingerprint density at radius 3 is 2.73 bits per heavy atom. The van der Waals surface area contributed by atoms with Gasteiger partial charge < -0.3 is 4.74 Å². The Hall–Kier alpha value is -2.34. The van der Waals surface area contributed by atoms with E-state index in [1.165, 1.54) is 0 Å². The average Bonchev–Trinajstić information content (AvgIpc) is 3.06. The van der Waals surface area contributed by atoms with Gasteiger partial charge in [-0.25, -0.2) is 5.01 Å². The third kappa shape index (κ3) is 4.64. The van der Waals surface area contributed by atoms with Gasteiger partial charge in [0.25, 0.3) is 0 Å². The van der Waals surface area contributed by atoms with Crippen molar-refractivity contribution in [3.63, 3.8) is 0 Å². The normalized spacial score (nSPS) is 15.8. The Bertz CT molecular complexity index is 735. The molecule has 1 aliphatic heterocycles. The van der Waals surface area contributed by atoms with Gasteiger partial charge >= 0.3 is 0 Å². The number of benzene rings is 1. The second-order valence-electron chi connectivity index (χ2n) is 7.06. The topological polar surface area (TPSA) is 50.6 Å². The van der Waals surface area contributed by atoms with Crippen LogP contribution in [0.1, 0.15) is 26.7 Å². The van der Waals surface area contributed by atoms with E-state index in [-0.39, 0.29) is 5.91 Å². The van der Waals surface area contributed by atoms with Gasteiger partial charge in [-0.1, -0.05) is 19.1 Å². The van der Waals surface area contributed by atoms with Crippen molar-refractivity contribution in [3.05, 3.63) is 36.7 Å². The number of carbonyl (C=O) groups is 1. The first-order valence-corrected chi connectivity index (χ1v) is 9.28. The number of aryl methyl sites for hydroxylation is 1. The molecule has 2 aromatic rings. The molecule has 1 aliphatic rings. The Balaban J connectivity index is 1.57. The zero-order chi connectivity index (χ0) is 18.5. The molecule has 0 bridgehead atoms. The summed E-state index contributed by atoms with van der Waals surface area (Å²) < 4.78 is 7.70. The monoisotopic (exact) mass is 356 g/mol. The van der Waals surface area contributed by atoms with Crippen molar-refractivity contribution in [3.8, 4) is 16.9 Å². The van der Waals surface area contributed by atoms with Crippen LogP contribution in [0, 0.1) is 5.92 Å². The summed E-state index contributed by atoms with van der Waals surface area (Å²) in [6, 6.07) is 7.98. The predicted octanol–water partition coefficient (Wildman–Crippen LogP) is 2.96. The molecule has 1 aromatic heterocycles. The summed E-state index contributed by atoms with van der Waals surface area (Å²) in [5.74, 6) is 1.63. The summed E-state index contributed by atoms with van der Waals surface area (Å²) >= 11 is 0. The van der Waals surface area contributed by atoms with E-state index in [1.54, 1.807) is 11.6 Å². The highest BCUT2D eigenvalue weighted by Gasteiger charge is 2.23. The average molecular weight is 356 g/mol. The number of amides is 1. The molecule has 0 saturated carbocycles. The number of hydrogen-bond donors (Lipinski definition) is 0. The van der Waals surface area contributed by atoms with Gasteiger partial charge in [-0.05, 0) is 36.5 Å². The first-order chi connectivity index (χ1) is 12.5. The van der Waals surface area contributed by atoms with Crippen LogP contribution in [-0.2, 0) is 11.8 Å². The van der Waals surface area contributed by atoms with Crippen LogP contribution in [0.4, 0.5) is 0 Å². The molecule has 2 heterocycles. The standard InChI is InChI=1S/C20H28N4O2/c1-16-7-9-23(10-8-16)24(17(2)25)11-12-26-20-6-4-5-18(13-20)19-14-21-22(3)15-19/h4-6,13-16H,7-12H2,1-3H3. The Morgan fingerprint density at radius 2 is 2.08 bits per heavy atom. The van der Waals surface area contributed by atoms with E-state index < -0.39 is 0 Å². The highest BCUT2D eigenvalue weighted by molar-refractivity contribution is 5.72. The molecule has 0 N–H and O–H groups in total. The molecular weight excluding hydrogens is 328 g/mol. The summed E-state index contributed by atoms with van der Waals surface area (Å²) in [6.45, 7) is 6.83. The quantitative estimate of drug-likeness (QED) is 0.798. The first-order valence-electron chi connectivity index (χ1n) is 9.28. The minimum Gasteiger partial charge on any atom is -0.492 e. The van der Waals surface area contributed by atoms with E-state index in [4.69, 9.17) is 4.74 Å². The minimum atomic E-state index is 0.0762. The van der Waals surface area contributed by atoms with E-state index >= 15 is 0 Å². The molecule has 0 spiro atoms. The number of hydrazine groups is 1. The van der Waals surface area contributed by atoms with Crippen LogP contribution in [0.25, 0.3) is 11.1 Å².